The quantitative estimate of drug-likeness (QED) is 0.534. The number of aryl methyl sites for hydroxylation is 1. The van der Waals surface area contributed by atoms with E-state index in [2.05, 4.69) is 24.8 Å². The molecule has 2 nitrogen and oxygen atoms in total. The Bertz CT molecular complexity index is 172. The van der Waals surface area contributed by atoms with Gasteiger partial charge < -0.3 is 5.73 Å². The Kier molecular flexibility index (Phi) is 5.06. The van der Waals surface area contributed by atoms with Crippen molar-refractivity contribution < 1.29 is 4.79 Å². The number of rotatable bonds is 0. The van der Waals surface area contributed by atoms with E-state index in [4.69, 9.17) is 4.79 Å². The van der Waals surface area contributed by atoms with E-state index in [-0.39, 0.29) is 6.41 Å². The Balaban J connectivity index is 0.000000236. The molecule has 2 N–H and O–H groups in total. The van der Waals surface area contributed by atoms with Gasteiger partial charge in [-0.3, -0.25) is 4.79 Å². The molecule has 0 fully saturated rings. The van der Waals surface area contributed by atoms with Gasteiger partial charge in [0.2, 0.25) is 6.41 Å². The first-order valence-corrected chi connectivity index (χ1v) is 2.98. The normalized spacial score (nSPS) is 7.30. The molecule has 0 saturated heterocycles. The van der Waals surface area contributed by atoms with Crippen LogP contribution in [0.3, 0.4) is 0 Å². The van der Waals surface area contributed by atoms with Crippen molar-refractivity contribution in [3.8, 4) is 0 Å². The molecule has 54 valence electrons. The topological polar surface area (TPSA) is 43.1 Å². The van der Waals surface area contributed by atoms with Crippen LogP contribution in [-0.4, -0.2) is 6.41 Å². The van der Waals surface area contributed by atoms with Crippen molar-refractivity contribution >= 4 is 6.41 Å². The monoisotopic (exact) mass is 137 g/mol. The third kappa shape index (κ3) is 4.84. The molecule has 0 spiro atoms. The molecular formula is C8H11NO. The number of carbonyl (C=O) groups is 1. The molecule has 0 bridgehead atoms. The van der Waals surface area contributed by atoms with Crippen LogP contribution in [0.25, 0.3) is 0 Å². The summed E-state index contributed by atoms with van der Waals surface area (Å²) in [6.45, 7) is 2.08. The molecule has 0 saturated carbocycles. The Morgan fingerprint density at radius 1 is 1.30 bits per heavy atom. The summed E-state index contributed by atoms with van der Waals surface area (Å²) in [6.07, 6.45) is 0.250. The lowest BCUT2D eigenvalue weighted by molar-refractivity contribution is -0.106. The van der Waals surface area contributed by atoms with Gasteiger partial charge in [-0.15, -0.1) is 0 Å². The van der Waals surface area contributed by atoms with E-state index in [0.717, 1.165) is 0 Å². The third-order valence-electron chi connectivity index (χ3n) is 0.940. The SMILES string of the molecule is Cc1ccccc1.NC=O. The molecule has 0 aliphatic heterocycles. The van der Waals surface area contributed by atoms with E-state index in [9.17, 15) is 0 Å². The Labute approximate surface area is 60.7 Å². The van der Waals surface area contributed by atoms with Crippen molar-refractivity contribution in [2.75, 3.05) is 0 Å². The van der Waals surface area contributed by atoms with E-state index in [1.165, 1.54) is 5.56 Å². The summed E-state index contributed by atoms with van der Waals surface area (Å²) in [7, 11) is 0. The zero-order valence-electron chi connectivity index (χ0n) is 5.95. The first kappa shape index (κ1) is 8.69. The van der Waals surface area contributed by atoms with Crippen molar-refractivity contribution in [3.63, 3.8) is 0 Å². The van der Waals surface area contributed by atoms with Crippen molar-refractivity contribution in [2.24, 2.45) is 5.73 Å². The molecule has 0 atom stereocenters. The van der Waals surface area contributed by atoms with Gasteiger partial charge in [0.1, 0.15) is 0 Å². The van der Waals surface area contributed by atoms with Crippen molar-refractivity contribution in [2.45, 2.75) is 6.92 Å². The minimum atomic E-state index is 0.250. The van der Waals surface area contributed by atoms with E-state index >= 15 is 0 Å². The summed E-state index contributed by atoms with van der Waals surface area (Å²) >= 11 is 0. The Morgan fingerprint density at radius 3 is 1.90 bits per heavy atom. The second-order valence-corrected chi connectivity index (χ2v) is 1.79. The maximum Gasteiger partial charge on any atom is 0.204 e. The second-order valence-electron chi connectivity index (χ2n) is 1.79. The van der Waals surface area contributed by atoms with Crippen molar-refractivity contribution in [1.82, 2.24) is 0 Å². The number of amides is 1. The summed E-state index contributed by atoms with van der Waals surface area (Å²) in [5.41, 5.74) is 5.49. The molecular weight excluding hydrogens is 126 g/mol. The molecule has 0 aliphatic carbocycles. The van der Waals surface area contributed by atoms with Gasteiger partial charge in [-0.25, -0.2) is 0 Å². The summed E-state index contributed by atoms with van der Waals surface area (Å²) in [5.74, 6) is 0. The average molecular weight is 137 g/mol. The van der Waals surface area contributed by atoms with E-state index in [0.29, 0.717) is 0 Å². The fourth-order valence-corrected chi connectivity index (χ4v) is 0.534. The first-order chi connectivity index (χ1) is 4.81. The van der Waals surface area contributed by atoms with Gasteiger partial charge in [-0.1, -0.05) is 35.9 Å². The van der Waals surface area contributed by atoms with Gasteiger partial charge in [0.15, 0.2) is 0 Å². The van der Waals surface area contributed by atoms with Crippen LogP contribution in [0.4, 0.5) is 0 Å². The van der Waals surface area contributed by atoms with Crippen LogP contribution in [0.1, 0.15) is 5.56 Å². The molecule has 0 aromatic heterocycles. The van der Waals surface area contributed by atoms with E-state index in [1.54, 1.807) is 0 Å². The van der Waals surface area contributed by atoms with Gasteiger partial charge in [-0.05, 0) is 6.92 Å². The van der Waals surface area contributed by atoms with Crippen LogP contribution in [-0.2, 0) is 4.79 Å². The third-order valence-corrected chi connectivity index (χ3v) is 0.940. The van der Waals surface area contributed by atoms with Gasteiger partial charge in [0.25, 0.3) is 0 Å². The Hall–Kier alpha value is -1.31. The van der Waals surface area contributed by atoms with E-state index < -0.39 is 0 Å². The van der Waals surface area contributed by atoms with E-state index in [1.807, 2.05) is 18.2 Å². The summed E-state index contributed by atoms with van der Waals surface area (Å²) < 4.78 is 0. The van der Waals surface area contributed by atoms with Gasteiger partial charge in [-0.2, -0.15) is 0 Å². The van der Waals surface area contributed by atoms with Crippen molar-refractivity contribution in [3.05, 3.63) is 35.9 Å². The molecule has 1 rings (SSSR count). The standard InChI is InChI=1S/C7H8.CH3NO/c1-7-5-3-2-4-6-7;2-1-3/h2-6H,1H3;1H,(H2,2,3). The molecule has 2 heteroatoms. The lowest BCUT2D eigenvalue weighted by Crippen LogP contribution is -1.82. The summed E-state index contributed by atoms with van der Waals surface area (Å²) in [4.78, 5) is 8.58. The molecule has 0 radical (unpaired) electrons. The van der Waals surface area contributed by atoms with Crippen LogP contribution < -0.4 is 5.73 Å². The summed E-state index contributed by atoms with van der Waals surface area (Å²) in [6, 6.07) is 10.3. The average Bonchev–Trinajstić information content (AvgIpc) is 1.91. The zero-order valence-corrected chi connectivity index (χ0v) is 5.95. The second kappa shape index (κ2) is 5.82. The van der Waals surface area contributed by atoms with Crippen LogP contribution >= 0.6 is 0 Å². The maximum absolute atomic E-state index is 8.58. The molecule has 0 aliphatic rings. The fraction of sp³-hybridized carbons (Fsp3) is 0.125. The minimum absolute atomic E-state index is 0.250. The summed E-state index contributed by atoms with van der Waals surface area (Å²) in [5, 5.41) is 0. The zero-order chi connectivity index (χ0) is 7.82. The molecule has 0 heterocycles. The number of benzene rings is 1. The Morgan fingerprint density at radius 2 is 1.70 bits per heavy atom. The molecule has 1 aromatic carbocycles. The van der Waals surface area contributed by atoms with Crippen LogP contribution in [0.2, 0.25) is 0 Å². The van der Waals surface area contributed by atoms with Gasteiger partial charge in [0.05, 0.1) is 0 Å². The number of hydrogen-bond donors (Lipinski definition) is 1. The lowest BCUT2D eigenvalue weighted by Gasteiger charge is -1.82. The largest absolute Gasteiger partial charge is 0.372 e. The highest BCUT2D eigenvalue weighted by Gasteiger charge is 1.72. The first-order valence-electron chi connectivity index (χ1n) is 2.98. The van der Waals surface area contributed by atoms with Gasteiger partial charge >= 0.3 is 0 Å². The maximum atomic E-state index is 8.58. The molecule has 10 heavy (non-hydrogen) atoms. The number of primary amides is 1. The molecule has 1 amide bonds. The number of carbonyl (C=O) groups excluding carboxylic acids is 1. The molecule has 1 aromatic rings. The predicted molar refractivity (Wildman–Crippen MR) is 41.4 cm³/mol. The highest BCUT2D eigenvalue weighted by molar-refractivity contribution is 5.42. The van der Waals surface area contributed by atoms with Crippen LogP contribution in [0.5, 0.6) is 0 Å². The number of hydrogen-bond acceptors (Lipinski definition) is 1. The van der Waals surface area contributed by atoms with Crippen molar-refractivity contribution in [1.29, 1.82) is 0 Å². The lowest BCUT2D eigenvalue weighted by atomic mass is 10.2. The fourth-order valence-electron chi connectivity index (χ4n) is 0.534. The predicted octanol–water partition coefficient (Wildman–Crippen LogP) is 1.10. The highest BCUT2D eigenvalue weighted by Crippen LogP contribution is 1.92. The van der Waals surface area contributed by atoms with Gasteiger partial charge in [0, 0.05) is 0 Å². The molecule has 0 unspecified atom stereocenters. The van der Waals surface area contributed by atoms with Crippen LogP contribution in [0.15, 0.2) is 30.3 Å². The number of nitrogens with two attached hydrogens (primary N) is 1. The highest BCUT2D eigenvalue weighted by atomic mass is 16.1. The minimum Gasteiger partial charge on any atom is -0.372 e. The smallest absolute Gasteiger partial charge is 0.204 e. The van der Waals surface area contributed by atoms with Crippen LogP contribution in [0, 0.1) is 6.92 Å².